The van der Waals surface area contributed by atoms with Crippen LogP contribution in [0.1, 0.15) is 23.1 Å². The van der Waals surface area contributed by atoms with Crippen molar-refractivity contribution in [2.75, 3.05) is 0 Å². The van der Waals surface area contributed by atoms with Crippen molar-refractivity contribution in [3.8, 4) is 0 Å². The minimum absolute atomic E-state index is 0.220. The van der Waals surface area contributed by atoms with Crippen LogP contribution in [-0.2, 0) is 14.9 Å². The molecule has 0 bridgehead atoms. The molecule has 0 saturated heterocycles. The monoisotopic (exact) mass is 228 g/mol. The van der Waals surface area contributed by atoms with Crippen molar-refractivity contribution in [1.29, 1.82) is 0 Å². The predicted molar refractivity (Wildman–Crippen MR) is 67.6 cm³/mol. The molecule has 0 saturated carbocycles. The number of carbonyl (C=O) groups excluding carboxylic acids is 1. The number of hydrogen-bond acceptors (Lipinski definition) is 2. The molecule has 0 aliphatic carbocycles. The van der Waals surface area contributed by atoms with Crippen molar-refractivity contribution >= 4 is 5.97 Å². The van der Waals surface area contributed by atoms with E-state index in [9.17, 15) is 4.79 Å². The molecule has 2 nitrogen and oxygen atoms in total. The minimum Gasteiger partial charge on any atom is -0.434 e. The quantitative estimate of drug-likeness (QED) is 0.586. The zero-order valence-electron chi connectivity index (χ0n) is 10.2. The number of aryl methyl sites for hydroxylation is 2. The van der Waals surface area contributed by atoms with Crippen LogP contribution in [0, 0.1) is 13.8 Å². The third kappa shape index (κ3) is 1.91. The Balaban J connectivity index is 2.57. The molecule has 17 heavy (non-hydrogen) atoms. The first-order valence-electron chi connectivity index (χ1n) is 5.67. The van der Waals surface area contributed by atoms with E-state index in [1.807, 2.05) is 32.1 Å². The molecule has 2 heteroatoms. The van der Waals surface area contributed by atoms with Crippen molar-refractivity contribution in [3.63, 3.8) is 0 Å². The van der Waals surface area contributed by atoms with Crippen molar-refractivity contribution in [1.82, 2.24) is 0 Å². The maximum absolute atomic E-state index is 12.0. The largest absolute Gasteiger partial charge is 0.434 e. The van der Waals surface area contributed by atoms with Gasteiger partial charge in [0.2, 0.25) is 0 Å². The summed E-state index contributed by atoms with van der Waals surface area (Å²) in [6, 6.07) is 6.16. The fourth-order valence-corrected chi connectivity index (χ4v) is 2.33. The first-order chi connectivity index (χ1) is 8.08. The summed E-state index contributed by atoms with van der Waals surface area (Å²) in [4.78, 5) is 12.0. The molecule has 88 valence electrons. The number of cyclic esters (lactones) is 1. The highest BCUT2D eigenvalue weighted by atomic mass is 16.5. The Morgan fingerprint density at radius 3 is 2.41 bits per heavy atom. The van der Waals surface area contributed by atoms with E-state index in [0.29, 0.717) is 6.42 Å². The van der Waals surface area contributed by atoms with Gasteiger partial charge in [-0.2, -0.15) is 0 Å². The van der Waals surface area contributed by atoms with Gasteiger partial charge in [0.1, 0.15) is 5.41 Å². The maximum Gasteiger partial charge on any atom is 0.325 e. The molecule has 0 spiro atoms. The van der Waals surface area contributed by atoms with Gasteiger partial charge in [0.25, 0.3) is 0 Å². The Morgan fingerprint density at radius 1 is 1.29 bits per heavy atom. The Hall–Kier alpha value is -1.83. The Bertz CT molecular complexity index is 479. The lowest BCUT2D eigenvalue weighted by Crippen LogP contribution is -2.30. The van der Waals surface area contributed by atoms with Crippen molar-refractivity contribution in [2.45, 2.75) is 25.7 Å². The van der Waals surface area contributed by atoms with Crippen LogP contribution in [0.5, 0.6) is 0 Å². The standard InChI is InChI=1S/C15H16O2/c1-4-5-15(6-7-17-14(15)16)13-9-11(2)8-12(3)10-13/h4,6-10H,1,5H2,2-3H3. The van der Waals surface area contributed by atoms with E-state index in [-0.39, 0.29) is 5.97 Å². The molecule has 1 aliphatic rings. The van der Waals surface area contributed by atoms with E-state index in [2.05, 4.69) is 12.6 Å². The molecule has 2 rings (SSSR count). The topological polar surface area (TPSA) is 26.3 Å². The smallest absolute Gasteiger partial charge is 0.325 e. The van der Waals surface area contributed by atoms with Crippen LogP contribution in [0.15, 0.2) is 43.2 Å². The van der Waals surface area contributed by atoms with Gasteiger partial charge < -0.3 is 4.74 Å². The van der Waals surface area contributed by atoms with Gasteiger partial charge in [-0.05, 0) is 31.9 Å². The Kier molecular flexibility index (Phi) is 2.88. The van der Waals surface area contributed by atoms with Crippen LogP contribution in [0.4, 0.5) is 0 Å². The second-order valence-corrected chi connectivity index (χ2v) is 4.55. The van der Waals surface area contributed by atoms with Gasteiger partial charge in [-0.1, -0.05) is 35.4 Å². The lowest BCUT2D eigenvalue weighted by molar-refractivity contribution is -0.140. The average Bonchev–Trinajstić information content (AvgIpc) is 2.60. The van der Waals surface area contributed by atoms with Gasteiger partial charge in [-0.15, -0.1) is 6.58 Å². The second-order valence-electron chi connectivity index (χ2n) is 4.55. The number of carbonyl (C=O) groups is 1. The first kappa shape index (κ1) is 11.6. The Morgan fingerprint density at radius 2 is 1.94 bits per heavy atom. The molecular weight excluding hydrogens is 212 g/mol. The van der Waals surface area contributed by atoms with Crippen LogP contribution < -0.4 is 0 Å². The molecule has 0 fully saturated rings. The highest BCUT2D eigenvalue weighted by Crippen LogP contribution is 2.36. The number of allylic oxidation sites excluding steroid dienone is 1. The minimum atomic E-state index is -0.682. The molecule has 1 aliphatic heterocycles. The molecule has 1 heterocycles. The van der Waals surface area contributed by atoms with Crippen molar-refractivity contribution < 1.29 is 9.53 Å². The summed E-state index contributed by atoms with van der Waals surface area (Å²) in [6.07, 6.45) is 5.62. The SMILES string of the molecule is C=CCC1(c2cc(C)cc(C)c2)C=COC1=O. The zero-order chi connectivity index (χ0) is 12.5. The van der Waals surface area contributed by atoms with Gasteiger partial charge in [-0.3, -0.25) is 4.79 Å². The second kappa shape index (κ2) is 4.21. The average molecular weight is 228 g/mol. The van der Waals surface area contributed by atoms with Gasteiger partial charge in [0, 0.05) is 0 Å². The van der Waals surface area contributed by atoms with E-state index >= 15 is 0 Å². The molecule has 0 radical (unpaired) electrons. The molecule has 1 unspecified atom stereocenters. The summed E-state index contributed by atoms with van der Waals surface area (Å²) < 4.78 is 4.99. The summed E-state index contributed by atoms with van der Waals surface area (Å²) in [5, 5.41) is 0. The van der Waals surface area contributed by atoms with Crippen LogP contribution in [0.25, 0.3) is 0 Å². The highest BCUT2D eigenvalue weighted by Gasteiger charge is 2.41. The zero-order valence-corrected chi connectivity index (χ0v) is 10.2. The summed E-state index contributed by atoms with van der Waals surface area (Å²) in [5.41, 5.74) is 2.60. The van der Waals surface area contributed by atoms with Crippen LogP contribution in [0.2, 0.25) is 0 Å². The van der Waals surface area contributed by atoms with E-state index < -0.39 is 5.41 Å². The molecule has 1 aromatic carbocycles. The molecular formula is C15H16O2. The summed E-state index contributed by atoms with van der Waals surface area (Å²) in [7, 11) is 0. The lowest BCUT2D eigenvalue weighted by atomic mass is 9.77. The fourth-order valence-electron chi connectivity index (χ4n) is 2.33. The predicted octanol–water partition coefficient (Wildman–Crippen LogP) is 3.19. The fraction of sp³-hybridized carbons (Fsp3) is 0.267. The summed E-state index contributed by atoms with van der Waals surface area (Å²) in [6.45, 7) is 7.79. The van der Waals surface area contributed by atoms with Gasteiger partial charge in [0.05, 0.1) is 6.26 Å². The van der Waals surface area contributed by atoms with Gasteiger partial charge in [-0.25, -0.2) is 0 Å². The van der Waals surface area contributed by atoms with Crippen molar-refractivity contribution in [2.24, 2.45) is 0 Å². The number of hydrogen-bond donors (Lipinski definition) is 0. The number of rotatable bonds is 3. The summed E-state index contributed by atoms with van der Waals surface area (Å²) in [5.74, 6) is -0.220. The van der Waals surface area contributed by atoms with E-state index in [1.165, 1.54) is 6.26 Å². The van der Waals surface area contributed by atoms with Crippen LogP contribution in [0.3, 0.4) is 0 Å². The lowest BCUT2D eigenvalue weighted by Gasteiger charge is -2.23. The third-order valence-corrected chi connectivity index (χ3v) is 3.10. The molecule has 0 amide bonds. The van der Waals surface area contributed by atoms with Crippen LogP contribution in [-0.4, -0.2) is 5.97 Å². The highest BCUT2D eigenvalue weighted by molar-refractivity contribution is 5.88. The summed E-state index contributed by atoms with van der Waals surface area (Å²) >= 11 is 0. The van der Waals surface area contributed by atoms with E-state index in [4.69, 9.17) is 4.74 Å². The third-order valence-electron chi connectivity index (χ3n) is 3.10. The van der Waals surface area contributed by atoms with Crippen LogP contribution >= 0.6 is 0 Å². The normalized spacial score (nSPS) is 22.6. The number of ether oxygens (including phenoxy) is 1. The number of benzene rings is 1. The van der Waals surface area contributed by atoms with E-state index in [0.717, 1.165) is 16.7 Å². The van der Waals surface area contributed by atoms with Crippen molar-refractivity contribution in [3.05, 3.63) is 59.9 Å². The van der Waals surface area contributed by atoms with Gasteiger partial charge in [0.15, 0.2) is 0 Å². The Labute approximate surface area is 102 Å². The number of esters is 1. The molecule has 0 aromatic heterocycles. The van der Waals surface area contributed by atoms with E-state index in [1.54, 1.807) is 6.08 Å². The molecule has 1 aromatic rings. The molecule has 0 N–H and O–H groups in total. The molecule has 1 atom stereocenters. The van der Waals surface area contributed by atoms with Gasteiger partial charge >= 0.3 is 5.97 Å². The first-order valence-corrected chi connectivity index (χ1v) is 5.67. The maximum atomic E-state index is 12.0.